The van der Waals surface area contributed by atoms with Crippen molar-refractivity contribution in [3.63, 3.8) is 0 Å². The highest BCUT2D eigenvalue weighted by Crippen LogP contribution is 2.40. The Hall–Kier alpha value is -0.880. The number of aryl methyl sites for hydroxylation is 2. The fourth-order valence-electron chi connectivity index (χ4n) is 1.78. The average Bonchev–Trinajstić information content (AvgIpc) is 2.56. The van der Waals surface area contributed by atoms with Crippen molar-refractivity contribution >= 4 is 21.9 Å². The zero-order chi connectivity index (χ0) is 10.5. The lowest BCUT2D eigenvalue weighted by Gasteiger charge is -2.17. The van der Waals surface area contributed by atoms with Crippen molar-refractivity contribution in [1.29, 1.82) is 0 Å². The number of aliphatic carboxylic acids is 1. The smallest absolute Gasteiger partial charge is 0.340 e. The van der Waals surface area contributed by atoms with Gasteiger partial charge in [-0.1, -0.05) is 0 Å². The monoisotopic (exact) mass is 260 g/mol. The van der Waals surface area contributed by atoms with Crippen molar-refractivity contribution in [2.45, 2.75) is 18.4 Å². The van der Waals surface area contributed by atoms with Crippen LogP contribution >= 0.6 is 15.9 Å². The van der Waals surface area contributed by atoms with Crippen molar-refractivity contribution in [3.05, 3.63) is 15.9 Å². The molecule has 0 bridgehead atoms. The number of rotatable bonds is 1. The van der Waals surface area contributed by atoms with Gasteiger partial charge in [0.2, 0.25) is 0 Å². The lowest BCUT2D eigenvalue weighted by atomic mass is 9.99. The van der Waals surface area contributed by atoms with Crippen LogP contribution in [0.25, 0.3) is 0 Å². The zero-order valence-electron chi connectivity index (χ0n) is 7.49. The van der Waals surface area contributed by atoms with Crippen molar-refractivity contribution in [1.82, 2.24) is 9.78 Å². The molecule has 1 aromatic heterocycles. The van der Waals surface area contributed by atoms with Gasteiger partial charge >= 0.3 is 5.97 Å². The molecule has 0 spiro atoms. The summed E-state index contributed by atoms with van der Waals surface area (Å²) in [6.45, 7) is 0. The van der Waals surface area contributed by atoms with Crippen LogP contribution in [0.2, 0.25) is 0 Å². The number of carboxylic acids is 1. The zero-order valence-corrected chi connectivity index (χ0v) is 9.08. The Morgan fingerprint density at radius 2 is 2.36 bits per heavy atom. The molecule has 1 aliphatic rings. The van der Waals surface area contributed by atoms with Gasteiger partial charge in [-0.2, -0.15) is 5.10 Å². The van der Waals surface area contributed by atoms with E-state index in [0.29, 0.717) is 22.3 Å². The Bertz CT molecular complexity index is 415. The number of fused-ring (bicyclic) bond motifs is 1. The Kier molecular flexibility index (Phi) is 1.94. The van der Waals surface area contributed by atoms with E-state index in [1.54, 1.807) is 7.05 Å². The summed E-state index contributed by atoms with van der Waals surface area (Å²) in [6, 6.07) is 0. The van der Waals surface area contributed by atoms with Gasteiger partial charge < -0.3 is 10.2 Å². The van der Waals surface area contributed by atoms with E-state index in [4.69, 9.17) is 5.11 Å². The topological polar surface area (TPSA) is 75.3 Å². The van der Waals surface area contributed by atoms with Gasteiger partial charge in [-0.05, 0) is 28.8 Å². The van der Waals surface area contributed by atoms with Crippen molar-refractivity contribution < 1.29 is 15.0 Å². The number of halogens is 1. The van der Waals surface area contributed by atoms with Crippen LogP contribution < -0.4 is 0 Å². The maximum Gasteiger partial charge on any atom is 0.340 e. The van der Waals surface area contributed by atoms with Crippen LogP contribution in [0, 0.1) is 0 Å². The van der Waals surface area contributed by atoms with Gasteiger partial charge in [0, 0.05) is 7.05 Å². The molecule has 1 aromatic rings. The molecule has 2 rings (SSSR count). The molecule has 0 aliphatic heterocycles. The van der Waals surface area contributed by atoms with E-state index in [-0.39, 0.29) is 6.42 Å². The first kappa shape index (κ1) is 9.67. The first-order chi connectivity index (χ1) is 6.47. The largest absolute Gasteiger partial charge is 0.479 e. The van der Waals surface area contributed by atoms with Gasteiger partial charge in [0.25, 0.3) is 0 Å². The van der Waals surface area contributed by atoms with Gasteiger partial charge in [0.15, 0.2) is 5.60 Å². The van der Waals surface area contributed by atoms with Gasteiger partial charge in [-0.15, -0.1) is 0 Å². The summed E-state index contributed by atoms with van der Waals surface area (Å²) in [5, 5.41) is 23.0. The van der Waals surface area contributed by atoms with Gasteiger partial charge in [0.1, 0.15) is 4.60 Å². The van der Waals surface area contributed by atoms with E-state index in [2.05, 4.69) is 21.0 Å². The second kappa shape index (κ2) is 2.80. The average molecular weight is 261 g/mol. The summed E-state index contributed by atoms with van der Waals surface area (Å²) in [6.07, 6.45) is 0.691. The number of carboxylic acid groups (broad SMARTS) is 1. The van der Waals surface area contributed by atoms with Crippen LogP contribution in [0.3, 0.4) is 0 Å². The van der Waals surface area contributed by atoms with Crippen molar-refractivity contribution in [2.24, 2.45) is 7.05 Å². The third-order valence-electron chi connectivity index (χ3n) is 2.54. The highest BCUT2D eigenvalue weighted by molar-refractivity contribution is 9.10. The van der Waals surface area contributed by atoms with E-state index in [0.717, 1.165) is 0 Å². The van der Waals surface area contributed by atoms with Gasteiger partial charge in [-0.3, -0.25) is 4.68 Å². The molecule has 0 saturated heterocycles. The van der Waals surface area contributed by atoms with Crippen molar-refractivity contribution in [2.75, 3.05) is 0 Å². The molecular weight excluding hydrogens is 252 g/mol. The number of hydrogen-bond donors (Lipinski definition) is 2. The molecule has 1 aliphatic carbocycles. The molecule has 76 valence electrons. The van der Waals surface area contributed by atoms with E-state index in [1.807, 2.05) is 0 Å². The summed E-state index contributed by atoms with van der Waals surface area (Å²) in [5.74, 6) is -1.22. The molecule has 0 fully saturated rings. The molecule has 0 amide bonds. The highest BCUT2D eigenvalue weighted by Gasteiger charge is 2.47. The SMILES string of the molecule is Cn1nc2c(c1Br)C(O)(C(=O)O)CC2. The molecule has 5 nitrogen and oxygen atoms in total. The normalized spacial score (nSPS) is 25.1. The molecule has 1 heterocycles. The first-order valence-corrected chi connectivity index (χ1v) is 4.93. The number of aliphatic hydroxyl groups is 1. The highest BCUT2D eigenvalue weighted by atomic mass is 79.9. The maximum absolute atomic E-state index is 10.9. The summed E-state index contributed by atoms with van der Waals surface area (Å²) in [7, 11) is 1.70. The minimum Gasteiger partial charge on any atom is -0.479 e. The van der Waals surface area contributed by atoms with Gasteiger partial charge in [0.05, 0.1) is 11.3 Å². The predicted octanol–water partition coefficient (Wildman–Crippen LogP) is 0.401. The molecule has 14 heavy (non-hydrogen) atoms. The minimum atomic E-state index is -1.78. The Morgan fingerprint density at radius 3 is 2.93 bits per heavy atom. The summed E-state index contributed by atoms with van der Waals surface area (Å²) in [4.78, 5) is 10.9. The minimum absolute atomic E-state index is 0.194. The molecule has 6 heteroatoms. The Morgan fingerprint density at radius 1 is 1.71 bits per heavy atom. The molecule has 1 unspecified atom stereocenters. The molecule has 0 radical (unpaired) electrons. The molecule has 2 N–H and O–H groups in total. The Balaban J connectivity index is 2.63. The van der Waals surface area contributed by atoms with Crippen LogP contribution in [0.1, 0.15) is 17.7 Å². The predicted molar refractivity (Wildman–Crippen MR) is 50.8 cm³/mol. The van der Waals surface area contributed by atoms with Crippen LogP contribution in [0.4, 0.5) is 0 Å². The quantitative estimate of drug-likeness (QED) is 0.767. The molecule has 0 saturated carbocycles. The second-order valence-corrected chi connectivity index (χ2v) is 4.15. The standard InChI is InChI=1S/C8H9BrN2O3/c1-11-6(9)5-4(10-11)2-3-8(5,14)7(12)13/h14H,2-3H2,1H3,(H,12,13). The van der Waals surface area contributed by atoms with Crippen LogP contribution in [0.15, 0.2) is 4.60 Å². The van der Waals surface area contributed by atoms with E-state index < -0.39 is 11.6 Å². The second-order valence-electron chi connectivity index (χ2n) is 3.40. The van der Waals surface area contributed by atoms with Crippen LogP contribution in [0.5, 0.6) is 0 Å². The number of aromatic nitrogens is 2. The summed E-state index contributed by atoms with van der Waals surface area (Å²) >= 11 is 3.22. The van der Waals surface area contributed by atoms with E-state index >= 15 is 0 Å². The summed E-state index contributed by atoms with van der Waals surface area (Å²) in [5.41, 5.74) is -0.723. The molecule has 1 atom stereocenters. The molecular formula is C8H9BrN2O3. The fraction of sp³-hybridized carbons (Fsp3) is 0.500. The summed E-state index contributed by atoms with van der Waals surface area (Å²) < 4.78 is 2.06. The number of nitrogens with zero attached hydrogens (tertiary/aromatic N) is 2. The number of carbonyl (C=O) groups is 1. The third kappa shape index (κ3) is 1.04. The number of hydrogen-bond acceptors (Lipinski definition) is 3. The lowest BCUT2D eigenvalue weighted by Crippen LogP contribution is -2.33. The van der Waals surface area contributed by atoms with Gasteiger partial charge in [-0.25, -0.2) is 4.79 Å². The third-order valence-corrected chi connectivity index (χ3v) is 3.45. The van der Waals surface area contributed by atoms with Crippen LogP contribution in [-0.2, 0) is 23.9 Å². The first-order valence-electron chi connectivity index (χ1n) is 4.14. The van der Waals surface area contributed by atoms with Crippen LogP contribution in [-0.4, -0.2) is 26.0 Å². The maximum atomic E-state index is 10.9. The lowest BCUT2D eigenvalue weighted by molar-refractivity contribution is -0.159. The molecule has 0 aromatic carbocycles. The van der Waals surface area contributed by atoms with Crippen molar-refractivity contribution in [3.8, 4) is 0 Å². The van der Waals surface area contributed by atoms with E-state index in [9.17, 15) is 9.90 Å². The fourth-order valence-corrected chi connectivity index (χ4v) is 2.41. The Labute approximate surface area is 88.5 Å². The van der Waals surface area contributed by atoms with E-state index in [1.165, 1.54) is 4.68 Å².